The molecular formula is C20H38N2. The molecule has 0 unspecified atom stereocenters. The summed E-state index contributed by atoms with van der Waals surface area (Å²) >= 11 is 0. The van der Waals surface area contributed by atoms with Gasteiger partial charge < -0.3 is 4.90 Å². The Labute approximate surface area is 139 Å². The molecule has 2 nitrogen and oxygen atoms in total. The van der Waals surface area contributed by atoms with Crippen molar-refractivity contribution >= 4 is 6.34 Å². The monoisotopic (exact) mass is 306 g/mol. The van der Waals surface area contributed by atoms with Gasteiger partial charge in [-0.3, -0.25) is 0 Å². The quantitative estimate of drug-likeness (QED) is 0.323. The Morgan fingerprint density at radius 2 is 1.23 bits per heavy atom. The Hall–Kier alpha value is -0.790. The van der Waals surface area contributed by atoms with Gasteiger partial charge in [-0.1, -0.05) is 90.4 Å². The molecular weight excluding hydrogens is 268 g/mol. The van der Waals surface area contributed by atoms with Gasteiger partial charge in [-0.25, -0.2) is 4.99 Å². The molecule has 0 amide bonds. The van der Waals surface area contributed by atoms with Crippen LogP contribution in [0.25, 0.3) is 0 Å². The van der Waals surface area contributed by atoms with Crippen molar-refractivity contribution in [1.82, 2.24) is 4.90 Å². The molecule has 0 bridgehead atoms. The summed E-state index contributed by atoms with van der Waals surface area (Å²) in [5, 5.41) is 0. The van der Waals surface area contributed by atoms with E-state index in [9.17, 15) is 0 Å². The van der Waals surface area contributed by atoms with Crippen LogP contribution in [0.4, 0.5) is 0 Å². The smallest absolute Gasteiger partial charge is 0.0907 e. The molecule has 22 heavy (non-hydrogen) atoms. The van der Waals surface area contributed by atoms with Crippen LogP contribution in [-0.4, -0.2) is 24.3 Å². The molecule has 128 valence electrons. The number of rotatable bonds is 15. The average Bonchev–Trinajstić information content (AvgIpc) is 2.56. The summed E-state index contributed by atoms with van der Waals surface area (Å²) in [6.45, 7) is 4.51. The Bertz CT molecular complexity index is 283. The SMILES string of the molecule is CCCCCCCCCCCCCCCCN1C=NC=CC1. The average molecular weight is 307 g/mol. The fraction of sp³-hybridized carbons (Fsp3) is 0.850. The lowest BCUT2D eigenvalue weighted by molar-refractivity contribution is 0.439. The Morgan fingerprint density at radius 3 is 1.68 bits per heavy atom. The van der Waals surface area contributed by atoms with E-state index in [2.05, 4.69) is 22.9 Å². The molecule has 1 aliphatic heterocycles. The zero-order valence-corrected chi connectivity index (χ0v) is 14.9. The van der Waals surface area contributed by atoms with Crippen molar-refractivity contribution in [2.24, 2.45) is 4.99 Å². The van der Waals surface area contributed by atoms with E-state index in [0.29, 0.717) is 0 Å². The highest BCUT2D eigenvalue weighted by atomic mass is 15.1. The van der Waals surface area contributed by atoms with Gasteiger partial charge in [0.15, 0.2) is 0 Å². The second-order valence-corrected chi connectivity index (χ2v) is 6.74. The summed E-state index contributed by atoms with van der Waals surface area (Å²) < 4.78 is 0. The number of unbranched alkanes of at least 4 members (excludes halogenated alkanes) is 13. The van der Waals surface area contributed by atoms with Crippen LogP contribution in [-0.2, 0) is 0 Å². The molecule has 1 rings (SSSR count). The largest absolute Gasteiger partial charge is 0.359 e. The molecule has 0 spiro atoms. The van der Waals surface area contributed by atoms with Crippen LogP contribution >= 0.6 is 0 Å². The van der Waals surface area contributed by atoms with Crippen molar-refractivity contribution in [2.45, 2.75) is 96.8 Å². The van der Waals surface area contributed by atoms with Crippen molar-refractivity contribution in [3.8, 4) is 0 Å². The van der Waals surface area contributed by atoms with Crippen molar-refractivity contribution < 1.29 is 0 Å². The Kier molecular flexibility index (Phi) is 13.2. The first-order chi connectivity index (χ1) is 10.9. The van der Waals surface area contributed by atoms with Crippen LogP contribution < -0.4 is 0 Å². The number of hydrogen-bond acceptors (Lipinski definition) is 2. The van der Waals surface area contributed by atoms with E-state index in [1.54, 1.807) is 0 Å². The van der Waals surface area contributed by atoms with Gasteiger partial charge in [0.05, 0.1) is 6.34 Å². The van der Waals surface area contributed by atoms with E-state index in [0.717, 1.165) is 6.54 Å². The van der Waals surface area contributed by atoms with Gasteiger partial charge >= 0.3 is 0 Å². The molecule has 0 saturated carbocycles. The third kappa shape index (κ3) is 11.8. The molecule has 0 atom stereocenters. The van der Waals surface area contributed by atoms with Crippen LogP contribution in [0.15, 0.2) is 17.3 Å². The highest BCUT2D eigenvalue weighted by Crippen LogP contribution is 2.13. The fourth-order valence-corrected chi connectivity index (χ4v) is 3.08. The molecule has 1 heterocycles. The van der Waals surface area contributed by atoms with E-state index in [4.69, 9.17) is 0 Å². The van der Waals surface area contributed by atoms with Crippen LogP contribution in [0.5, 0.6) is 0 Å². The maximum atomic E-state index is 4.16. The summed E-state index contributed by atoms with van der Waals surface area (Å²) in [4.78, 5) is 6.47. The molecule has 2 heteroatoms. The predicted molar refractivity (Wildman–Crippen MR) is 99.5 cm³/mol. The van der Waals surface area contributed by atoms with E-state index in [1.807, 2.05) is 12.5 Å². The molecule has 0 radical (unpaired) electrons. The maximum Gasteiger partial charge on any atom is 0.0907 e. The van der Waals surface area contributed by atoms with Crippen molar-refractivity contribution in [1.29, 1.82) is 0 Å². The van der Waals surface area contributed by atoms with Gasteiger partial charge in [0.2, 0.25) is 0 Å². The number of nitrogens with zero attached hydrogens (tertiary/aromatic N) is 2. The second-order valence-electron chi connectivity index (χ2n) is 6.74. The first-order valence-corrected chi connectivity index (χ1v) is 9.86. The van der Waals surface area contributed by atoms with Gasteiger partial charge in [-0.15, -0.1) is 0 Å². The molecule has 1 aliphatic rings. The van der Waals surface area contributed by atoms with Gasteiger partial charge in [-0.05, 0) is 12.5 Å². The highest BCUT2D eigenvalue weighted by molar-refractivity contribution is 5.57. The minimum Gasteiger partial charge on any atom is -0.359 e. The molecule has 0 N–H and O–H groups in total. The van der Waals surface area contributed by atoms with Gasteiger partial charge in [0, 0.05) is 19.3 Å². The van der Waals surface area contributed by atoms with Crippen LogP contribution in [0, 0.1) is 0 Å². The lowest BCUT2D eigenvalue weighted by atomic mass is 10.0. The highest BCUT2D eigenvalue weighted by Gasteiger charge is 2.00. The van der Waals surface area contributed by atoms with Crippen molar-refractivity contribution in [3.05, 3.63) is 12.3 Å². The number of aliphatic imine (C=N–C) groups is 1. The molecule has 0 aromatic rings. The van der Waals surface area contributed by atoms with E-state index >= 15 is 0 Å². The lowest BCUT2D eigenvalue weighted by Crippen LogP contribution is -2.24. The Morgan fingerprint density at radius 1 is 0.727 bits per heavy atom. The predicted octanol–water partition coefficient (Wildman–Crippen LogP) is 6.33. The fourth-order valence-electron chi connectivity index (χ4n) is 3.08. The summed E-state index contributed by atoms with van der Waals surface area (Å²) in [5.74, 6) is 0. The summed E-state index contributed by atoms with van der Waals surface area (Å²) in [6, 6.07) is 0. The molecule has 0 aliphatic carbocycles. The zero-order valence-electron chi connectivity index (χ0n) is 14.9. The van der Waals surface area contributed by atoms with Gasteiger partial charge in [0.1, 0.15) is 0 Å². The summed E-state index contributed by atoms with van der Waals surface area (Å²) in [5.41, 5.74) is 0. The topological polar surface area (TPSA) is 15.6 Å². The molecule has 0 aromatic carbocycles. The van der Waals surface area contributed by atoms with Gasteiger partial charge in [0.25, 0.3) is 0 Å². The first-order valence-electron chi connectivity index (χ1n) is 9.86. The van der Waals surface area contributed by atoms with Crippen LogP contribution in [0.3, 0.4) is 0 Å². The molecule has 0 fully saturated rings. The third-order valence-electron chi connectivity index (χ3n) is 4.56. The molecule has 0 aromatic heterocycles. The normalized spacial score (nSPS) is 14.0. The summed E-state index contributed by atoms with van der Waals surface area (Å²) in [7, 11) is 0. The standard InChI is InChI=1S/C20H38N2/c1-2-3-4-5-6-7-8-9-10-11-12-13-14-15-18-22-19-16-17-21-20-22/h16-17,20H,2-15,18-19H2,1H3. The first kappa shape index (κ1) is 19.3. The van der Waals surface area contributed by atoms with E-state index in [-0.39, 0.29) is 0 Å². The van der Waals surface area contributed by atoms with E-state index in [1.165, 1.54) is 96.4 Å². The van der Waals surface area contributed by atoms with Crippen molar-refractivity contribution in [2.75, 3.05) is 13.1 Å². The maximum absolute atomic E-state index is 4.16. The Balaban J connectivity index is 1.69. The van der Waals surface area contributed by atoms with Crippen LogP contribution in [0.1, 0.15) is 96.8 Å². The summed E-state index contributed by atoms with van der Waals surface area (Å²) in [6.07, 6.45) is 26.0. The minimum absolute atomic E-state index is 1.04. The zero-order chi connectivity index (χ0) is 15.7. The second kappa shape index (κ2) is 15.1. The van der Waals surface area contributed by atoms with Crippen molar-refractivity contribution in [3.63, 3.8) is 0 Å². The van der Waals surface area contributed by atoms with Crippen LogP contribution in [0.2, 0.25) is 0 Å². The van der Waals surface area contributed by atoms with E-state index < -0.39 is 0 Å². The number of hydrogen-bond donors (Lipinski definition) is 0. The molecule has 0 saturated heterocycles. The third-order valence-corrected chi connectivity index (χ3v) is 4.56. The minimum atomic E-state index is 1.04. The lowest BCUT2D eigenvalue weighted by Gasteiger charge is -2.18. The van der Waals surface area contributed by atoms with Gasteiger partial charge in [-0.2, -0.15) is 0 Å².